The molecule has 4 rings (SSSR count). The minimum Gasteiger partial charge on any atom is -0.488 e. The first kappa shape index (κ1) is 30.0. The minimum absolute atomic E-state index is 0.00848. The summed E-state index contributed by atoms with van der Waals surface area (Å²) in [6.07, 6.45) is -2.10. The van der Waals surface area contributed by atoms with Crippen LogP contribution in [0.25, 0.3) is 0 Å². The molecule has 3 aromatic rings. The molecule has 40 heavy (non-hydrogen) atoms. The topological polar surface area (TPSA) is 88.1 Å². The van der Waals surface area contributed by atoms with Gasteiger partial charge in [-0.3, -0.25) is 4.79 Å². The number of amides is 1. The molecule has 0 aromatic heterocycles. The molecule has 1 amide bonds. The molecule has 0 saturated carbocycles. The molecule has 0 aliphatic carbocycles. The van der Waals surface area contributed by atoms with Crippen molar-refractivity contribution in [2.45, 2.75) is 30.5 Å². The number of carbonyl (C=O) groups excluding carboxylic acids is 1. The first-order valence-electron chi connectivity index (χ1n) is 12.1. The zero-order valence-corrected chi connectivity index (χ0v) is 24.0. The lowest BCUT2D eigenvalue weighted by Gasteiger charge is -2.30. The normalized spacial score (nSPS) is 16.7. The molecule has 1 saturated heterocycles. The SMILES string of the molecule is O=C(N/N=C\c1cc(Br)ccc1OCc1cccc(C(F)(F)F)c1)[C@H]1CCCN(S(=O)(=O)c2ccc(Cl)cc2)C1. The number of nitrogens with zero attached hydrogens (tertiary/aromatic N) is 2. The Morgan fingerprint density at radius 2 is 1.90 bits per heavy atom. The molecule has 0 unspecified atom stereocenters. The number of sulfonamides is 1. The second kappa shape index (κ2) is 12.7. The van der Waals surface area contributed by atoms with Gasteiger partial charge in [0, 0.05) is 28.1 Å². The average Bonchev–Trinajstić information content (AvgIpc) is 2.92. The highest BCUT2D eigenvalue weighted by atomic mass is 79.9. The van der Waals surface area contributed by atoms with Gasteiger partial charge in [0.25, 0.3) is 0 Å². The zero-order chi connectivity index (χ0) is 28.9. The molecule has 0 spiro atoms. The Bertz CT molecular complexity index is 1500. The van der Waals surface area contributed by atoms with E-state index in [0.717, 1.165) is 12.1 Å². The van der Waals surface area contributed by atoms with Gasteiger partial charge < -0.3 is 4.74 Å². The van der Waals surface area contributed by atoms with Crippen molar-refractivity contribution >= 4 is 49.7 Å². The number of rotatable bonds is 8. The lowest BCUT2D eigenvalue weighted by atomic mass is 9.99. The van der Waals surface area contributed by atoms with E-state index in [9.17, 15) is 26.4 Å². The molecule has 3 aromatic carbocycles. The smallest absolute Gasteiger partial charge is 0.416 e. The van der Waals surface area contributed by atoms with Crippen LogP contribution in [0.15, 0.2) is 81.2 Å². The number of benzene rings is 3. The molecular weight excluding hydrogens is 635 g/mol. The molecule has 7 nitrogen and oxygen atoms in total. The van der Waals surface area contributed by atoms with Crippen LogP contribution in [0.1, 0.15) is 29.5 Å². The number of hydrazone groups is 1. The van der Waals surface area contributed by atoms with Crippen molar-refractivity contribution in [3.8, 4) is 5.75 Å². The Morgan fingerprint density at radius 1 is 1.15 bits per heavy atom. The first-order valence-corrected chi connectivity index (χ1v) is 14.7. The highest BCUT2D eigenvalue weighted by Crippen LogP contribution is 2.30. The van der Waals surface area contributed by atoms with Gasteiger partial charge in [0.05, 0.1) is 22.6 Å². The molecule has 212 valence electrons. The molecule has 1 aliphatic heterocycles. The fraction of sp³-hybridized carbons (Fsp3) is 0.259. The van der Waals surface area contributed by atoms with Gasteiger partial charge >= 0.3 is 6.18 Å². The van der Waals surface area contributed by atoms with Crippen molar-refractivity contribution in [1.29, 1.82) is 0 Å². The molecule has 1 aliphatic rings. The Balaban J connectivity index is 1.39. The summed E-state index contributed by atoms with van der Waals surface area (Å²) in [7, 11) is -3.79. The highest BCUT2D eigenvalue weighted by Gasteiger charge is 2.33. The van der Waals surface area contributed by atoms with E-state index in [0.29, 0.717) is 45.8 Å². The van der Waals surface area contributed by atoms with Crippen molar-refractivity contribution in [1.82, 2.24) is 9.73 Å². The summed E-state index contributed by atoms with van der Waals surface area (Å²) in [5, 5.41) is 4.44. The van der Waals surface area contributed by atoms with Gasteiger partial charge in [0.1, 0.15) is 12.4 Å². The van der Waals surface area contributed by atoms with Crippen LogP contribution in [0, 0.1) is 5.92 Å². The van der Waals surface area contributed by atoms with Gasteiger partial charge in [-0.05, 0) is 73.0 Å². The van der Waals surface area contributed by atoms with Gasteiger partial charge in [-0.15, -0.1) is 0 Å². The second-order valence-corrected chi connectivity index (χ2v) is 12.3. The number of halogens is 5. The van der Waals surface area contributed by atoms with Gasteiger partial charge in [0.2, 0.25) is 15.9 Å². The van der Waals surface area contributed by atoms with Crippen molar-refractivity contribution in [3.05, 3.63) is 92.9 Å². The Morgan fingerprint density at radius 3 is 2.62 bits per heavy atom. The third-order valence-electron chi connectivity index (χ3n) is 6.21. The van der Waals surface area contributed by atoms with Crippen LogP contribution in [0.4, 0.5) is 13.2 Å². The summed E-state index contributed by atoms with van der Waals surface area (Å²) in [5.41, 5.74) is 2.50. The third-order valence-corrected chi connectivity index (χ3v) is 8.83. The number of nitrogens with one attached hydrogen (secondary N) is 1. The molecular formula is C27H24BrClF3N3O4S. The lowest BCUT2D eigenvalue weighted by Crippen LogP contribution is -2.44. The summed E-state index contributed by atoms with van der Waals surface area (Å²) in [5.74, 6) is -0.697. The molecule has 1 heterocycles. The van der Waals surface area contributed by atoms with Gasteiger partial charge in [-0.25, -0.2) is 13.8 Å². The summed E-state index contributed by atoms with van der Waals surface area (Å²) >= 11 is 9.22. The molecule has 0 bridgehead atoms. The van der Waals surface area contributed by atoms with E-state index in [1.54, 1.807) is 18.2 Å². The number of ether oxygens (including phenoxy) is 1. The summed E-state index contributed by atoms with van der Waals surface area (Å²) in [6.45, 7) is 0.190. The van der Waals surface area contributed by atoms with E-state index in [1.807, 2.05) is 0 Å². The predicted molar refractivity (Wildman–Crippen MR) is 149 cm³/mol. The Labute approximate surface area is 243 Å². The molecule has 1 N–H and O–H groups in total. The monoisotopic (exact) mass is 657 g/mol. The van der Waals surface area contributed by atoms with Crippen LogP contribution in [-0.4, -0.2) is 37.9 Å². The quantitative estimate of drug-likeness (QED) is 0.229. The molecule has 13 heteroatoms. The maximum atomic E-state index is 13.0. The summed E-state index contributed by atoms with van der Waals surface area (Å²) in [6, 6.07) is 15.7. The van der Waals surface area contributed by atoms with E-state index in [2.05, 4.69) is 26.5 Å². The van der Waals surface area contributed by atoms with Gasteiger partial charge in [-0.1, -0.05) is 39.7 Å². The summed E-state index contributed by atoms with van der Waals surface area (Å²) in [4.78, 5) is 12.9. The highest BCUT2D eigenvalue weighted by molar-refractivity contribution is 9.10. The maximum Gasteiger partial charge on any atom is 0.416 e. The Kier molecular flexibility index (Phi) is 9.55. The van der Waals surface area contributed by atoms with Crippen molar-refractivity contribution < 1.29 is 31.1 Å². The van der Waals surface area contributed by atoms with Crippen molar-refractivity contribution in [3.63, 3.8) is 0 Å². The number of hydrogen-bond donors (Lipinski definition) is 1. The summed E-state index contributed by atoms with van der Waals surface area (Å²) < 4.78 is 72.8. The van der Waals surface area contributed by atoms with Crippen LogP contribution in [0.2, 0.25) is 5.02 Å². The first-order chi connectivity index (χ1) is 18.9. The Hall–Kier alpha value is -2.93. The van der Waals surface area contributed by atoms with E-state index < -0.39 is 33.6 Å². The maximum absolute atomic E-state index is 13.0. The van der Waals surface area contributed by atoms with Crippen LogP contribution in [0.3, 0.4) is 0 Å². The van der Waals surface area contributed by atoms with E-state index in [1.165, 1.54) is 46.9 Å². The average molecular weight is 659 g/mol. The number of hydrogen-bond acceptors (Lipinski definition) is 5. The number of piperidine rings is 1. The van der Waals surface area contributed by atoms with Gasteiger partial charge in [-0.2, -0.15) is 22.6 Å². The number of carbonyl (C=O) groups is 1. The van der Waals surface area contributed by atoms with Crippen LogP contribution in [-0.2, 0) is 27.6 Å². The van der Waals surface area contributed by atoms with E-state index >= 15 is 0 Å². The molecule has 1 atom stereocenters. The standard InChI is InChI=1S/C27H24BrClF3N3O4S/c28-22-6-11-25(39-17-18-3-1-5-21(13-18)27(30,31)32)20(14-22)15-33-34-26(36)19-4-2-12-35(16-19)40(37,38)24-9-7-23(29)8-10-24/h1,3,5-11,13-15,19H,2,4,12,16-17H2,(H,34,36)/b33-15-/t19-/m0/s1. The minimum atomic E-state index is -4.46. The van der Waals surface area contributed by atoms with Crippen LogP contribution >= 0.6 is 27.5 Å². The fourth-order valence-electron chi connectivity index (χ4n) is 4.14. The van der Waals surface area contributed by atoms with Crippen molar-refractivity contribution in [2.24, 2.45) is 11.0 Å². The van der Waals surface area contributed by atoms with Crippen LogP contribution in [0.5, 0.6) is 5.75 Å². The van der Waals surface area contributed by atoms with Gasteiger partial charge in [0.15, 0.2) is 0 Å². The number of alkyl halides is 3. The largest absolute Gasteiger partial charge is 0.488 e. The molecule has 0 radical (unpaired) electrons. The fourth-order valence-corrected chi connectivity index (χ4v) is 6.17. The van der Waals surface area contributed by atoms with Crippen LogP contribution < -0.4 is 10.2 Å². The van der Waals surface area contributed by atoms with E-state index in [4.69, 9.17) is 16.3 Å². The third kappa shape index (κ3) is 7.62. The lowest BCUT2D eigenvalue weighted by molar-refractivity contribution is -0.137. The van der Waals surface area contributed by atoms with Crippen molar-refractivity contribution in [2.75, 3.05) is 13.1 Å². The molecule has 1 fully saturated rings. The zero-order valence-electron chi connectivity index (χ0n) is 20.9. The predicted octanol–water partition coefficient (Wildman–Crippen LogP) is 6.25. The van der Waals surface area contributed by atoms with E-state index in [-0.39, 0.29) is 18.0 Å². The second-order valence-electron chi connectivity index (χ2n) is 9.06.